The summed E-state index contributed by atoms with van der Waals surface area (Å²) >= 11 is 10.5. The Kier molecular flexibility index (Phi) is 6.13. The highest BCUT2D eigenvalue weighted by molar-refractivity contribution is 9.11. The maximum Gasteiger partial charge on any atom is 0.244 e. The van der Waals surface area contributed by atoms with Gasteiger partial charge in [-0.25, -0.2) is 12.7 Å². The fraction of sp³-hybridized carbons (Fsp3) is 0.692. The second kappa shape index (κ2) is 7.27. The zero-order valence-corrected chi connectivity index (χ0v) is 16.2. The van der Waals surface area contributed by atoms with Gasteiger partial charge in [0, 0.05) is 18.5 Å². The Morgan fingerprint density at radius 3 is 2.62 bits per heavy atom. The summed E-state index contributed by atoms with van der Waals surface area (Å²) in [6.45, 7) is 2.66. The van der Waals surface area contributed by atoms with Gasteiger partial charge in [-0.3, -0.25) is 0 Å². The van der Waals surface area contributed by atoms with Gasteiger partial charge in [0.05, 0.1) is 9.67 Å². The van der Waals surface area contributed by atoms with Crippen molar-refractivity contribution in [2.24, 2.45) is 5.92 Å². The molecular weight excluding hydrogens is 396 g/mol. The Morgan fingerprint density at radius 1 is 1.48 bits per heavy atom. The molecule has 1 aliphatic heterocycles. The molecule has 0 atom stereocenters. The third kappa shape index (κ3) is 4.20. The van der Waals surface area contributed by atoms with Crippen LogP contribution in [0.5, 0.6) is 0 Å². The smallest absolute Gasteiger partial charge is 0.244 e. The van der Waals surface area contributed by atoms with Crippen molar-refractivity contribution < 1.29 is 8.42 Å². The SMILES string of the molecule is CN1CCC(CN(C)S(=O)(=O)c2cc(CCl)sc2Br)CC1. The van der Waals surface area contributed by atoms with Crippen LogP contribution in [-0.2, 0) is 15.9 Å². The molecule has 2 heterocycles. The second-order valence-corrected chi connectivity index (χ2v) is 10.3. The first kappa shape index (κ1) is 17.7. The highest BCUT2D eigenvalue weighted by Crippen LogP contribution is 2.34. The lowest BCUT2D eigenvalue weighted by molar-refractivity contribution is 0.202. The van der Waals surface area contributed by atoms with Crippen LogP contribution >= 0.6 is 38.9 Å². The minimum atomic E-state index is -3.45. The molecule has 0 aliphatic carbocycles. The molecule has 0 amide bonds. The van der Waals surface area contributed by atoms with E-state index in [1.54, 1.807) is 13.1 Å². The summed E-state index contributed by atoms with van der Waals surface area (Å²) in [5, 5.41) is 0. The highest BCUT2D eigenvalue weighted by Gasteiger charge is 2.28. The molecule has 21 heavy (non-hydrogen) atoms. The minimum Gasteiger partial charge on any atom is -0.306 e. The number of nitrogens with zero attached hydrogens (tertiary/aromatic N) is 2. The minimum absolute atomic E-state index is 0.331. The number of alkyl halides is 1. The molecule has 0 bridgehead atoms. The molecule has 0 aromatic carbocycles. The number of halogens is 2. The van der Waals surface area contributed by atoms with Gasteiger partial charge in [0.1, 0.15) is 4.90 Å². The fourth-order valence-electron chi connectivity index (χ4n) is 2.51. The molecule has 1 aromatic heterocycles. The lowest BCUT2D eigenvalue weighted by Crippen LogP contribution is -2.37. The summed E-state index contributed by atoms with van der Waals surface area (Å²) in [4.78, 5) is 3.47. The molecule has 120 valence electrons. The maximum absolute atomic E-state index is 12.7. The van der Waals surface area contributed by atoms with E-state index >= 15 is 0 Å². The monoisotopic (exact) mass is 414 g/mol. The Bertz CT molecular complexity index is 583. The predicted octanol–water partition coefficient (Wildman–Crippen LogP) is 3.21. The molecule has 2 rings (SSSR count). The average Bonchev–Trinajstić information content (AvgIpc) is 2.83. The van der Waals surface area contributed by atoms with Gasteiger partial charge in [-0.1, -0.05) is 0 Å². The number of hydrogen-bond donors (Lipinski definition) is 0. The standard InChI is InChI=1S/C13H20BrClN2O2S2/c1-16-5-3-10(4-6-16)9-17(2)21(18,19)12-7-11(8-15)20-13(12)14/h7,10H,3-6,8-9H2,1-2H3. The van der Waals surface area contributed by atoms with Crippen LogP contribution in [0.1, 0.15) is 17.7 Å². The molecular formula is C13H20BrClN2O2S2. The number of thiophene rings is 1. The van der Waals surface area contributed by atoms with Crippen molar-refractivity contribution in [2.45, 2.75) is 23.6 Å². The Balaban J connectivity index is 2.09. The lowest BCUT2D eigenvalue weighted by atomic mass is 9.97. The highest BCUT2D eigenvalue weighted by atomic mass is 79.9. The van der Waals surface area contributed by atoms with Gasteiger partial charge in [-0.15, -0.1) is 22.9 Å². The van der Waals surface area contributed by atoms with Crippen molar-refractivity contribution in [1.29, 1.82) is 0 Å². The molecule has 1 aromatic rings. The lowest BCUT2D eigenvalue weighted by Gasteiger charge is -2.31. The summed E-state index contributed by atoms with van der Waals surface area (Å²) in [5.74, 6) is 0.767. The van der Waals surface area contributed by atoms with E-state index in [2.05, 4.69) is 27.9 Å². The Morgan fingerprint density at radius 2 is 2.10 bits per heavy atom. The normalized spacial score (nSPS) is 18.5. The van der Waals surface area contributed by atoms with Crippen molar-refractivity contribution >= 4 is 48.9 Å². The van der Waals surface area contributed by atoms with Gasteiger partial charge < -0.3 is 4.90 Å². The van der Waals surface area contributed by atoms with Crippen molar-refractivity contribution in [3.63, 3.8) is 0 Å². The topological polar surface area (TPSA) is 40.6 Å². The van der Waals surface area contributed by atoms with E-state index in [4.69, 9.17) is 11.6 Å². The zero-order chi connectivity index (χ0) is 15.6. The number of likely N-dealkylation sites (tertiary alicyclic amines) is 1. The van der Waals surface area contributed by atoms with Crippen LogP contribution in [0.3, 0.4) is 0 Å². The molecule has 0 spiro atoms. The van der Waals surface area contributed by atoms with Crippen LogP contribution in [0, 0.1) is 5.92 Å². The van der Waals surface area contributed by atoms with Crippen LogP contribution in [0.15, 0.2) is 14.7 Å². The second-order valence-electron chi connectivity index (χ2n) is 5.52. The third-order valence-electron chi connectivity index (χ3n) is 3.88. The zero-order valence-electron chi connectivity index (χ0n) is 12.2. The summed E-state index contributed by atoms with van der Waals surface area (Å²) in [7, 11) is 0.322. The molecule has 0 unspecified atom stereocenters. The predicted molar refractivity (Wildman–Crippen MR) is 91.6 cm³/mol. The molecule has 1 saturated heterocycles. The van der Waals surface area contributed by atoms with E-state index in [1.165, 1.54) is 15.6 Å². The quantitative estimate of drug-likeness (QED) is 0.693. The van der Waals surface area contributed by atoms with Crippen molar-refractivity contribution in [3.05, 3.63) is 14.7 Å². The molecule has 4 nitrogen and oxygen atoms in total. The van der Waals surface area contributed by atoms with Gasteiger partial charge in [0.25, 0.3) is 0 Å². The third-order valence-corrected chi connectivity index (χ3v) is 8.40. The van der Waals surface area contributed by atoms with Gasteiger partial charge in [0.15, 0.2) is 0 Å². The number of rotatable bonds is 5. The van der Waals surface area contributed by atoms with E-state index in [0.717, 1.165) is 30.8 Å². The first-order valence-corrected chi connectivity index (χ1v) is 10.4. The Hall–Kier alpha value is 0.340. The van der Waals surface area contributed by atoms with Crippen LogP contribution in [0.25, 0.3) is 0 Å². The van der Waals surface area contributed by atoms with E-state index < -0.39 is 10.0 Å². The van der Waals surface area contributed by atoms with Crippen molar-refractivity contribution in [2.75, 3.05) is 33.7 Å². The first-order chi connectivity index (χ1) is 9.84. The number of sulfonamides is 1. The van der Waals surface area contributed by atoms with Crippen molar-refractivity contribution in [3.8, 4) is 0 Å². The molecule has 1 aliphatic rings. The van der Waals surface area contributed by atoms with Crippen LogP contribution in [0.4, 0.5) is 0 Å². The van der Waals surface area contributed by atoms with Gasteiger partial charge in [-0.05, 0) is 60.9 Å². The fourth-order valence-corrected chi connectivity index (χ4v) is 6.48. The van der Waals surface area contributed by atoms with Gasteiger partial charge in [0.2, 0.25) is 10.0 Å². The average molecular weight is 416 g/mol. The van der Waals surface area contributed by atoms with Crippen LogP contribution in [0.2, 0.25) is 0 Å². The summed E-state index contributed by atoms with van der Waals surface area (Å²) in [6.07, 6.45) is 2.10. The van der Waals surface area contributed by atoms with E-state index in [1.807, 2.05) is 0 Å². The molecule has 0 N–H and O–H groups in total. The molecule has 8 heteroatoms. The Labute approximate surface area is 144 Å². The summed E-state index contributed by atoms with van der Waals surface area (Å²) in [5.41, 5.74) is 0. The molecule has 1 fully saturated rings. The van der Waals surface area contributed by atoms with Gasteiger partial charge in [-0.2, -0.15) is 0 Å². The van der Waals surface area contributed by atoms with E-state index in [0.29, 0.717) is 27.0 Å². The van der Waals surface area contributed by atoms with E-state index in [-0.39, 0.29) is 0 Å². The maximum atomic E-state index is 12.7. The summed E-state index contributed by atoms with van der Waals surface area (Å²) in [6, 6.07) is 1.67. The van der Waals surface area contributed by atoms with Gasteiger partial charge >= 0.3 is 0 Å². The number of hydrogen-bond acceptors (Lipinski definition) is 4. The van der Waals surface area contributed by atoms with E-state index in [9.17, 15) is 8.42 Å². The molecule has 0 radical (unpaired) electrons. The summed E-state index contributed by atoms with van der Waals surface area (Å²) < 4.78 is 27.5. The largest absolute Gasteiger partial charge is 0.306 e. The van der Waals surface area contributed by atoms with Crippen LogP contribution < -0.4 is 0 Å². The molecule has 0 saturated carbocycles. The number of piperidine rings is 1. The first-order valence-electron chi connectivity index (χ1n) is 6.83. The van der Waals surface area contributed by atoms with Crippen molar-refractivity contribution in [1.82, 2.24) is 9.21 Å². The van der Waals surface area contributed by atoms with Crippen LogP contribution in [-0.4, -0.2) is 51.4 Å².